The maximum absolute atomic E-state index is 13.0. The quantitative estimate of drug-likeness (QED) is 0.765. The Balaban J connectivity index is 1.63. The van der Waals surface area contributed by atoms with Gasteiger partial charge >= 0.3 is 0 Å². The first-order chi connectivity index (χ1) is 13.2. The zero-order chi connectivity index (χ0) is 20.2. The minimum Gasteiger partial charge on any atom is -0.479 e. The van der Waals surface area contributed by atoms with E-state index in [1.165, 1.54) is 22.5 Å². The molecule has 28 heavy (non-hydrogen) atoms. The number of anilines is 2. The molecule has 0 unspecified atom stereocenters. The van der Waals surface area contributed by atoms with Gasteiger partial charge < -0.3 is 14.5 Å². The molecule has 2 aromatic carbocycles. The largest absolute Gasteiger partial charge is 0.479 e. The van der Waals surface area contributed by atoms with Gasteiger partial charge in [-0.05, 0) is 70.4 Å². The lowest BCUT2D eigenvalue weighted by molar-refractivity contribution is 0.0683. The molecule has 2 aliphatic rings. The first-order valence-corrected chi connectivity index (χ1v) is 10.1. The number of piperazine rings is 1. The van der Waals surface area contributed by atoms with Gasteiger partial charge in [-0.1, -0.05) is 17.7 Å². The number of ether oxygens (including phenoxy) is 1. The maximum Gasteiger partial charge on any atom is 0.209 e. The number of hydrogen-bond donors (Lipinski definition) is 0. The molecule has 0 aliphatic carbocycles. The van der Waals surface area contributed by atoms with E-state index in [4.69, 9.17) is 4.74 Å². The number of carbonyl (C=O) groups is 1. The van der Waals surface area contributed by atoms with E-state index in [0.29, 0.717) is 0 Å². The minimum atomic E-state index is -0.771. The second-order valence-corrected chi connectivity index (χ2v) is 8.68. The number of aryl methyl sites for hydroxylation is 1. The van der Waals surface area contributed by atoms with Crippen LogP contribution < -0.4 is 14.5 Å². The molecule has 0 saturated carbocycles. The average molecular weight is 379 g/mol. The first kappa shape index (κ1) is 18.9. The van der Waals surface area contributed by atoms with Crippen LogP contribution in [0.2, 0.25) is 0 Å². The Morgan fingerprint density at radius 2 is 1.39 bits per heavy atom. The molecule has 4 rings (SSSR count). The molecule has 0 radical (unpaired) electrons. The third-order valence-electron chi connectivity index (χ3n) is 6.34. The van der Waals surface area contributed by atoms with Crippen molar-refractivity contribution in [3.8, 4) is 5.75 Å². The molecule has 2 aliphatic heterocycles. The Morgan fingerprint density at radius 1 is 0.821 bits per heavy atom. The highest BCUT2D eigenvalue weighted by atomic mass is 16.5. The highest BCUT2D eigenvalue weighted by Crippen LogP contribution is 2.45. The van der Waals surface area contributed by atoms with E-state index in [1.54, 1.807) is 0 Å². The van der Waals surface area contributed by atoms with Crippen molar-refractivity contribution in [2.24, 2.45) is 0 Å². The molecule has 0 spiro atoms. The molecule has 0 aromatic heterocycles. The van der Waals surface area contributed by atoms with Crippen molar-refractivity contribution in [1.29, 1.82) is 0 Å². The molecule has 2 heterocycles. The summed E-state index contributed by atoms with van der Waals surface area (Å²) in [4.78, 5) is 17.8. The van der Waals surface area contributed by atoms with Crippen molar-refractivity contribution in [2.45, 2.75) is 47.1 Å². The number of Topliss-reactive ketones (excluding diaryl/α,β-unsaturated/α-hetero) is 1. The highest BCUT2D eigenvalue weighted by molar-refractivity contribution is 6.09. The fourth-order valence-corrected chi connectivity index (χ4v) is 4.53. The third-order valence-corrected chi connectivity index (χ3v) is 6.34. The van der Waals surface area contributed by atoms with E-state index >= 15 is 0 Å². The zero-order valence-electron chi connectivity index (χ0n) is 17.8. The average Bonchev–Trinajstić information content (AvgIpc) is 2.91. The van der Waals surface area contributed by atoms with E-state index in [2.05, 4.69) is 61.8 Å². The minimum absolute atomic E-state index is 0.0997. The van der Waals surface area contributed by atoms with Gasteiger partial charge in [0.1, 0.15) is 5.75 Å². The Labute approximate surface area is 168 Å². The third kappa shape index (κ3) is 2.86. The van der Waals surface area contributed by atoms with Gasteiger partial charge in [0, 0.05) is 37.6 Å². The van der Waals surface area contributed by atoms with Crippen LogP contribution in [-0.4, -0.2) is 37.6 Å². The van der Waals surface area contributed by atoms with Gasteiger partial charge in [0.25, 0.3) is 0 Å². The van der Waals surface area contributed by atoms with Crippen LogP contribution in [0.1, 0.15) is 46.5 Å². The Kier molecular flexibility index (Phi) is 4.40. The van der Waals surface area contributed by atoms with Crippen molar-refractivity contribution in [3.05, 3.63) is 52.1 Å². The van der Waals surface area contributed by atoms with Gasteiger partial charge in [-0.15, -0.1) is 0 Å². The number of fused-ring (bicyclic) bond motifs is 1. The fourth-order valence-electron chi connectivity index (χ4n) is 4.53. The number of carbonyl (C=O) groups excluding carboxylic acids is 1. The van der Waals surface area contributed by atoms with Crippen LogP contribution in [0.3, 0.4) is 0 Å². The van der Waals surface area contributed by atoms with Gasteiger partial charge in [-0.3, -0.25) is 4.79 Å². The molecule has 4 nitrogen and oxygen atoms in total. The lowest BCUT2D eigenvalue weighted by Crippen LogP contribution is -2.47. The standard InChI is InChI=1S/C24H30N2O2/c1-15-7-9-19(10-8-15)25-11-13-26(14-12-25)21-16(2)17(3)22-20(18(21)4)23(27)24(5,6)28-22/h7-10H,11-14H2,1-6H3. The molecular formula is C24H30N2O2. The van der Waals surface area contributed by atoms with Crippen LogP contribution in [0.4, 0.5) is 11.4 Å². The zero-order valence-corrected chi connectivity index (χ0v) is 17.8. The molecule has 0 bridgehead atoms. The first-order valence-electron chi connectivity index (χ1n) is 10.1. The number of hydrogen-bond acceptors (Lipinski definition) is 4. The summed E-state index contributed by atoms with van der Waals surface area (Å²) in [7, 11) is 0. The van der Waals surface area contributed by atoms with Crippen molar-refractivity contribution in [1.82, 2.24) is 0 Å². The summed E-state index contributed by atoms with van der Waals surface area (Å²) in [5.74, 6) is 0.884. The molecule has 0 amide bonds. The van der Waals surface area contributed by atoms with Crippen molar-refractivity contribution < 1.29 is 9.53 Å². The van der Waals surface area contributed by atoms with Gasteiger partial charge in [0.05, 0.1) is 5.56 Å². The molecule has 148 valence electrons. The van der Waals surface area contributed by atoms with E-state index in [9.17, 15) is 4.79 Å². The van der Waals surface area contributed by atoms with Crippen LogP contribution in [-0.2, 0) is 0 Å². The smallest absolute Gasteiger partial charge is 0.209 e. The van der Waals surface area contributed by atoms with Crippen molar-refractivity contribution in [2.75, 3.05) is 36.0 Å². The topological polar surface area (TPSA) is 32.8 Å². The summed E-state index contributed by atoms with van der Waals surface area (Å²) in [6.45, 7) is 16.0. The van der Waals surface area contributed by atoms with E-state index < -0.39 is 5.60 Å². The molecular weight excluding hydrogens is 348 g/mol. The van der Waals surface area contributed by atoms with E-state index in [-0.39, 0.29) is 5.78 Å². The summed E-state index contributed by atoms with van der Waals surface area (Å²) in [5, 5.41) is 0. The predicted molar refractivity (Wildman–Crippen MR) is 115 cm³/mol. The molecule has 4 heteroatoms. The maximum atomic E-state index is 13.0. The second kappa shape index (κ2) is 6.54. The fraction of sp³-hybridized carbons (Fsp3) is 0.458. The highest BCUT2D eigenvalue weighted by Gasteiger charge is 2.43. The Bertz CT molecular complexity index is 936. The monoisotopic (exact) mass is 378 g/mol. The number of ketones is 1. The lowest BCUT2D eigenvalue weighted by atomic mass is 9.90. The molecule has 1 saturated heterocycles. The molecule has 2 aromatic rings. The van der Waals surface area contributed by atoms with Gasteiger partial charge in [0.15, 0.2) is 5.60 Å². The predicted octanol–water partition coefficient (Wildman–Crippen LogP) is 4.60. The van der Waals surface area contributed by atoms with Crippen LogP contribution >= 0.6 is 0 Å². The Morgan fingerprint density at radius 3 is 2.00 bits per heavy atom. The van der Waals surface area contributed by atoms with Gasteiger partial charge in [0.2, 0.25) is 5.78 Å². The van der Waals surface area contributed by atoms with Crippen LogP contribution in [0.15, 0.2) is 24.3 Å². The molecule has 0 N–H and O–H groups in total. The number of rotatable bonds is 2. The van der Waals surface area contributed by atoms with Crippen LogP contribution in [0, 0.1) is 27.7 Å². The summed E-state index contributed by atoms with van der Waals surface area (Å²) in [5.41, 5.74) is 7.19. The van der Waals surface area contributed by atoms with Crippen LogP contribution in [0.5, 0.6) is 5.75 Å². The SMILES string of the molecule is Cc1ccc(N2CCN(c3c(C)c(C)c4c(c3C)C(=O)C(C)(C)O4)CC2)cc1. The normalized spacial score (nSPS) is 18.3. The summed E-state index contributed by atoms with van der Waals surface area (Å²) in [6, 6.07) is 8.76. The van der Waals surface area contributed by atoms with E-state index in [0.717, 1.165) is 48.6 Å². The summed E-state index contributed by atoms with van der Waals surface area (Å²) >= 11 is 0. The molecule has 0 atom stereocenters. The van der Waals surface area contributed by atoms with Gasteiger partial charge in [-0.25, -0.2) is 0 Å². The van der Waals surface area contributed by atoms with Crippen LogP contribution in [0.25, 0.3) is 0 Å². The summed E-state index contributed by atoms with van der Waals surface area (Å²) < 4.78 is 6.05. The number of nitrogens with zero attached hydrogens (tertiary/aromatic N) is 2. The van der Waals surface area contributed by atoms with Crippen molar-refractivity contribution in [3.63, 3.8) is 0 Å². The second-order valence-electron chi connectivity index (χ2n) is 8.68. The number of benzene rings is 2. The van der Waals surface area contributed by atoms with Crippen molar-refractivity contribution >= 4 is 17.2 Å². The van der Waals surface area contributed by atoms with Gasteiger partial charge in [-0.2, -0.15) is 0 Å². The van der Waals surface area contributed by atoms with E-state index in [1.807, 2.05) is 13.8 Å². The summed E-state index contributed by atoms with van der Waals surface area (Å²) in [6.07, 6.45) is 0. The lowest BCUT2D eigenvalue weighted by Gasteiger charge is -2.39. The Hall–Kier alpha value is -2.49. The molecule has 1 fully saturated rings.